The lowest BCUT2D eigenvalue weighted by Gasteiger charge is -2.29. The Morgan fingerprint density at radius 1 is 1.11 bits per heavy atom. The molecule has 0 radical (unpaired) electrons. The van der Waals surface area contributed by atoms with Gasteiger partial charge in [-0.2, -0.15) is 13.2 Å². The Balaban J connectivity index is 1.50. The van der Waals surface area contributed by atoms with E-state index < -0.39 is 47.2 Å². The zero-order chi connectivity index (χ0) is 26.2. The molecular formula is C21H19F6N5O4. The molecule has 4 rings (SSSR count). The molecule has 194 valence electrons. The molecule has 3 aromatic rings. The highest BCUT2D eigenvalue weighted by Crippen LogP contribution is 2.29. The maximum absolute atomic E-state index is 14.3. The first-order valence-electron chi connectivity index (χ1n) is 10.7. The second-order valence-corrected chi connectivity index (χ2v) is 8.18. The Bertz CT molecular complexity index is 1330. The molecule has 3 heterocycles. The number of carbonyl (C=O) groups is 1. The maximum atomic E-state index is 14.3. The van der Waals surface area contributed by atoms with Gasteiger partial charge in [0, 0.05) is 31.6 Å². The van der Waals surface area contributed by atoms with E-state index in [1.54, 1.807) is 0 Å². The fourth-order valence-corrected chi connectivity index (χ4v) is 3.90. The van der Waals surface area contributed by atoms with E-state index in [4.69, 9.17) is 8.83 Å². The van der Waals surface area contributed by atoms with Crippen molar-refractivity contribution in [3.05, 3.63) is 68.9 Å². The summed E-state index contributed by atoms with van der Waals surface area (Å²) in [7, 11) is 0. The second kappa shape index (κ2) is 9.79. The standard InChI is InChI=1S/C21H19F6N5O4/c1-10-16(36-20(34)35-10)8-28-12(4-11-5-14(23)15(24)7-13(11)22)6-18(33)31-2-3-32-17(9-31)29-30-19(32)21(25,26)27/h5,7,12,28H,2-4,6,8-9H2,1H3. The van der Waals surface area contributed by atoms with Gasteiger partial charge in [-0.05, 0) is 25.0 Å². The summed E-state index contributed by atoms with van der Waals surface area (Å²) in [4.78, 5) is 25.5. The highest BCUT2D eigenvalue weighted by molar-refractivity contribution is 5.77. The topological polar surface area (TPSA) is 106 Å². The SMILES string of the molecule is Cc1oc(=O)oc1CNC(CC(=O)N1CCn2c(nnc2C(F)(F)F)C1)Cc1cc(F)c(F)cc1F. The summed E-state index contributed by atoms with van der Waals surface area (Å²) in [5.74, 6) is -6.04. The van der Waals surface area contributed by atoms with Gasteiger partial charge >= 0.3 is 12.0 Å². The van der Waals surface area contributed by atoms with Gasteiger partial charge in [0.15, 0.2) is 23.2 Å². The Kier molecular flexibility index (Phi) is 6.93. The lowest BCUT2D eigenvalue weighted by atomic mass is 10.0. The summed E-state index contributed by atoms with van der Waals surface area (Å²) in [6.45, 7) is 0.886. The molecular weight excluding hydrogens is 500 g/mol. The van der Waals surface area contributed by atoms with E-state index in [0.717, 1.165) is 4.57 Å². The van der Waals surface area contributed by atoms with Gasteiger partial charge in [0.05, 0.1) is 13.1 Å². The van der Waals surface area contributed by atoms with Gasteiger partial charge in [-0.25, -0.2) is 18.0 Å². The molecule has 1 aromatic carbocycles. The van der Waals surface area contributed by atoms with Gasteiger partial charge in [-0.1, -0.05) is 0 Å². The Morgan fingerprint density at radius 2 is 1.83 bits per heavy atom. The van der Waals surface area contributed by atoms with Crippen molar-refractivity contribution in [2.45, 2.75) is 51.6 Å². The Hall–Kier alpha value is -3.62. The predicted molar refractivity (Wildman–Crippen MR) is 108 cm³/mol. The molecule has 1 aliphatic rings. The quantitative estimate of drug-likeness (QED) is 0.378. The van der Waals surface area contributed by atoms with E-state index in [0.29, 0.717) is 12.1 Å². The van der Waals surface area contributed by atoms with E-state index in [9.17, 15) is 35.9 Å². The highest BCUT2D eigenvalue weighted by Gasteiger charge is 2.40. The third-order valence-corrected chi connectivity index (χ3v) is 5.72. The average Bonchev–Trinajstić information content (AvgIpc) is 3.37. The van der Waals surface area contributed by atoms with E-state index in [1.807, 2.05) is 0 Å². The molecule has 1 amide bonds. The number of benzene rings is 1. The molecule has 1 aliphatic heterocycles. The minimum absolute atomic E-state index is 0.0473. The molecule has 0 aliphatic carbocycles. The van der Waals surface area contributed by atoms with Gasteiger partial charge in [0.1, 0.15) is 11.6 Å². The van der Waals surface area contributed by atoms with Crippen molar-refractivity contribution in [1.29, 1.82) is 0 Å². The number of hydrogen-bond donors (Lipinski definition) is 1. The summed E-state index contributed by atoms with van der Waals surface area (Å²) >= 11 is 0. The van der Waals surface area contributed by atoms with Crippen LogP contribution < -0.4 is 11.1 Å². The molecule has 1 atom stereocenters. The third kappa shape index (κ3) is 5.45. The number of rotatable bonds is 7. The van der Waals surface area contributed by atoms with Crippen LogP contribution in [-0.4, -0.2) is 38.2 Å². The lowest BCUT2D eigenvalue weighted by molar-refractivity contribution is -0.148. The van der Waals surface area contributed by atoms with E-state index in [-0.39, 0.29) is 61.9 Å². The minimum atomic E-state index is -4.69. The van der Waals surface area contributed by atoms with Crippen LogP contribution in [0, 0.1) is 24.4 Å². The number of amides is 1. The molecule has 2 aromatic heterocycles. The molecule has 0 spiro atoms. The average molecular weight is 519 g/mol. The highest BCUT2D eigenvalue weighted by atomic mass is 19.4. The molecule has 1 unspecified atom stereocenters. The number of carbonyl (C=O) groups excluding carboxylic acids is 1. The zero-order valence-electron chi connectivity index (χ0n) is 18.7. The first-order valence-corrected chi connectivity index (χ1v) is 10.7. The van der Waals surface area contributed by atoms with Crippen molar-refractivity contribution in [1.82, 2.24) is 25.0 Å². The Morgan fingerprint density at radius 3 is 2.50 bits per heavy atom. The van der Waals surface area contributed by atoms with Crippen molar-refractivity contribution in [3.63, 3.8) is 0 Å². The number of nitrogens with one attached hydrogen (secondary N) is 1. The number of alkyl halides is 3. The van der Waals surface area contributed by atoms with Gasteiger partial charge in [0.25, 0.3) is 0 Å². The smallest absolute Gasteiger partial charge is 0.396 e. The van der Waals surface area contributed by atoms with Gasteiger partial charge in [-0.15, -0.1) is 10.2 Å². The van der Waals surface area contributed by atoms with Crippen LogP contribution in [0.15, 0.2) is 25.8 Å². The summed E-state index contributed by atoms with van der Waals surface area (Å²) in [6.07, 6.45) is -5.24. The number of halogens is 6. The number of aromatic nitrogens is 3. The van der Waals surface area contributed by atoms with Crippen LogP contribution in [0.4, 0.5) is 26.3 Å². The normalized spacial score (nSPS) is 14.7. The molecule has 0 saturated carbocycles. The van der Waals surface area contributed by atoms with Crippen molar-refractivity contribution >= 4 is 5.91 Å². The fraction of sp³-hybridized carbons (Fsp3) is 0.429. The lowest BCUT2D eigenvalue weighted by Crippen LogP contribution is -2.43. The van der Waals surface area contributed by atoms with Crippen LogP contribution in [0.5, 0.6) is 0 Å². The first kappa shape index (κ1) is 25.5. The molecule has 0 saturated heterocycles. The molecule has 36 heavy (non-hydrogen) atoms. The van der Waals surface area contributed by atoms with Crippen LogP contribution >= 0.6 is 0 Å². The van der Waals surface area contributed by atoms with E-state index >= 15 is 0 Å². The number of fused-ring (bicyclic) bond motifs is 1. The summed E-state index contributed by atoms with van der Waals surface area (Å²) in [5.41, 5.74) is -0.210. The minimum Gasteiger partial charge on any atom is -0.396 e. The van der Waals surface area contributed by atoms with Crippen LogP contribution in [0.25, 0.3) is 0 Å². The van der Waals surface area contributed by atoms with Crippen LogP contribution in [0.1, 0.15) is 35.2 Å². The van der Waals surface area contributed by atoms with Gasteiger partial charge in [0.2, 0.25) is 11.7 Å². The molecule has 0 fully saturated rings. The monoisotopic (exact) mass is 519 g/mol. The molecule has 9 nitrogen and oxygen atoms in total. The van der Waals surface area contributed by atoms with Crippen molar-refractivity contribution in [3.8, 4) is 0 Å². The van der Waals surface area contributed by atoms with E-state index in [2.05, 4.69) is 15.5 Å². The summed E-state index contributed by atoms with van der Waals surface area (Å²) in [6, 6.07) is 0.204. The molecule has 15 heteroatoms. The van der Waals surface area contributed by atoms with Crippen molar-refractivity contribution < 1.29 is 40.0 Å². The van der Waals surface area contributed by atoms with Crippen LogP contribution in [0.2, 0.25) is 0 Å². The van der Waals surface area contributed by atoms with E-state index in [1.165, 1.54) is 11.8 Å². The van der Waals surface area contributed by atoms with Crippen molar-refractivity contribution in [2.24, 2.45) is 0 Å². The number of nitrogens with zero attached hydrogens (tertiary/aromatic N) is 4. The fourth-order valence-electron chi connectivity index (χ4n) is 3.90. The second-order valence-electron chi connectivity index (χ2n) is 8.18. The maximum Gasteiger partial charge on any atom is 0.519 e. The predicted octanol–water partition coefficient (Wildman–Crippen LogP) is 2.70. The molecule has 0 bridgehead atoms. The largest absolute Gasteiger partial charge is 0.519 e. The van der Waals surface area contributed by atoms with Crippen LogP contribution in [0.3, 0.4) is 0 Å². The summed E-state index contributed by atoms with van der Waals surface area (Å²) < 4.78 is 91.0. The van der Waals surface area contributed by atoms with Gasteiger partial charge < -0.3 is 23.6 Å². The number of aryl methyl sites for hydroxylation is 1. The number of hydrogen-bond acceptors (Lipinski definition) is 7. The summed E-state index contributed by atoms with van der Waals surface area (Å²) in [5, 5.41) is 9.60. The molecule has 1 N–H and O–H groups in total. The zero-order valence-corrected chi connectivity index (χ0v) is 18.7. The first-order chi connectivity index (χ1) is 16.9. The van der Waals surface area contributed by atoms with Crippen molar-refractivity contribution in [2.75, 3.05) is 6.54 Å². The Labute approximate surface area is 198 Å². The third-order valence-electron chi connectivity index (χ3n) is 5.72. The van der Waals surface area contributed by atoms with Crippen LogP contribution in [-0.2, 0) is 37.0 Å². The van der Waals surface area contributed by atoms with Gasteiger partial charge in [-0.3, -0.25) is 4.79 Å².